The number of hydrogen-bond donors (Lipinski definition) is 0. The molecule has 0 amide bonds. The van der Waals surface area contributed by atoms with Gasteiger partial charge in [0, 0.05) is 15.7 Å². The van der Waals surface area contributed by atoms with Gasteiger partial charge in [0.25, 0.3) is 0 Å². The molecule has 3 radical (unpaired) electrons. The van der Waals surface area contributed by atoms with E-state index in [0.717, 1.165) is 5.75 Å². The van der Waals surface area contributed by atoms with Gasteiger partial charge in [0.2, 0.25) is 0 Å². The maximum atomic E-state index is 2.14. The normalized spacial score (nSPS) is 16.0. The first-order valence-electron chi connectivity index (χ1n) is 1.93. The van der Waals surface area contributed by atoms with Crippen molar-refractivity contribution < 1.29 is 0 Å². The highest BCUT2D eigenvalue weighted by Gasteiger charge is 1.77. The first kappa shape index (κ1) is 7.26. The zero-order valence-electron chi connectivity index (χ0n) is 3.87. The largest absolute Gasteiger partial charge is 0.130 e. The molecule has 0 saturated carbocycles. The molecule has 0 nitrogen and oxygen atoms in total. The summed E-state index contributed by atoms with van der Waals surface area (Å²) >= 11 is 1.83. The third-order valence-corrected chi connectivity index (χ3v) is 1.35. The van der Waals surface area contributed by atoms with Crippen molar-refractivity contribution in [3.8, 4) is 0 Å². The van der Waals surface area contributed by atoms with Crippen LogP contribution in [0.2, 0.25) is 0 Å². The maximum absolute atomic E-state index is 2.14. The molecule has 0 unspecified atom stereocenters. The molecule has 1 aliphatic heterocycles. The first-order valence-corrected chi connectivity index (χ1v) is 2.98. The van der Waals surface area contributed by atoms with E-state index in [9.17, 15) is 0 Å². The standard InChI is InChI=1S/C5H6S.P/c1-2-4-6-5-3-1;/h1-4H,5H2;. The minimum absolute atomic E-state index is 0. The van der Waals surface area contributed by atoms with Gasteiger partial charge in [0.15, 0.2) is 0 Å². The second kappa shape index (κ2) is 4.42. The molecule has 0 aromatic carbocycles. The fraction of sp³-hybridized carbons (Fsp3) is 0.200. The SMILES string of the molecule is C1=CCSC=C1.[P]. The second-order valence-electron chi connectivity index (χ2n) is 1.09. The molecule has 2 heteroatoms. The Hall–Kier alpha value is 0.260. The number of allylic oxidation sites excluding steroid dienone is 2. The fourth-order valence-electron chi connectivity index (χ4n) is 0.346. The molecule has 1 rings (SSSR count). The molecule has 0 atom stereocenters. The monoisotopic (exact) mass is 129 g/mol. The Balaban J connectivity index is 0.000000360. The molecule has 0 fully saturated rings. The lowest BCUT2D eigenvalue weighted by Gasteiger charge is -1.88. The van der Waals surface area contributed by atoms with E-state index in [0.29, 0.717) is 0 Å². The van der Waals surface area contributed by atoms with Crippen molar-refractivity contribution in [3.63, 3.8) is 0 Å². The summed E-state index contributed by atoms with van der Waals surface area (Å²) in [5.41, 5.74) is 0. The number of rotatable bonds is 0. The molecule has 0 N–H and O–H groups in total. The van der Waals surface area contributed by atoms with Gasteiger partial charge in [0.1, 0.15) is 0 Å². The van der Waals surface area contributed by atoms with Crippen molar-refractivity contribution in [1.29, 1.82) is 0 Å². The van der Waals surface area contributed by atoms with Crippen LogP contribution in [0.4, 0.5) is 0 Å². The lowest BCUT2D eigenvalue weighted by Crippen LogP contribution is -1.67. The van der Waals surface area contributed by atoms with Crippen molar-refractivity contribution in [2.45, 2.75) is 0 Å². The van der Waals surface area contributed by atoms with Crippen LogP contribution in [0.15, 0.2) is 23.6 Å². The van der Waals surface area contributed by atoms with Crippen LogP contribution in [0.25, 0.3) is 0 Å². The van der Waals surface area contributed by atoms with Crippen LogP contribution in [-0.4, -0.2) is 5.75 Å². The topological polar surface area (TPSA) is 0 Å². The number of hydrogen-bond acceptors (Lipinski definition) is 1. The zero-order chi connectivity index (χ0) is 4.24. The lowest BCUT2D eigenvalue weighted by molar-refractivity contribution is 1.74. The van der Waals surface area contributed by atoms with Crippen LogP contribution < -0.4 is 0 Å². The van der Waals surface area contributed by atoms with Gasteiger partial charge < -0.3 is 0 Å². The van der Waals surface area contributed by atoms with Crippen LogP contribution in [0.5, 0.6) is 0 Å². The average molecular weight is 129 g/mol. The molecule has 1 aliphatic rings. The minimum atomic E-state index is 0. The van der Waals surface area contributed by atoms with Crippen molar-refractivity contribution in [1.82, 2.24) is 0 Å². The summed E-state index contributed by atoms with van der Waals surface area (Å²) in [5, 5.41) is 2.10. The smallest absolute Gasteiger partial charge is 0.0157 e. The summed E-state index contributed by atoms with van der Waals surface area (Å²) in [4.78, 5) is 0. The Labute approximate surface area is 51.7 Å². The van der Waals surface area contributed by atoms with Gasteiger partial charge in [-0.2, -0.15) is 0 Å². The highest BCUT2D eigenvalue weighted by atomic mass is 32.2. The molecule has 0 aromatic rings. The summed E-state index contributed by atoms with van der Waals surface area (Å²) in [7, 11) is 0. The van der Waals surface area contributed by atoms with Crippen molar-refractivity contribution >= 4 is 21.7 Å². The predicted octanol–water partition coefficient (Wildman–Crippen LogP) is 2.66. The second-order valence-corrected chi connectivity index (χ2v) is 2.03. The summed E-state index contributed by atoms with van der Waals surface area (Å²) < 4.78 is 0. The van der Waals surface area contributed by atoms with E-state index in [2.05, 4.69) is 17.6 Å². The van der Waals surface area contributed by atoms with E-state index in [1.807, 2.05) is 17.8 Å². The molecule has 0 spiro atoms. The van der Waals surface area contributed by atoms with Gasteiger partial charge in [0.05, 0.1) is 0 Å². The lowest BCUT2D eigenvalue weighted by atomic mass is 10.5. The molecule has 1 heterocycles. The Bertz CT molecular complexity index is 74.1. The Morgan fingerprint density at radius 2 is 2.14 bits per heavy atom. The summed E-state index contributed by atoms with van der Waals surface area (Å²) in [6.07, 6.45) is 6.26. The van der Waals surface area contributed by atoms with Crippen LogP contribution >= 0.6 is 21.7 Å². The molecule has 0 aliphatic carbocycles. The third kappa shape index (κ3) is 2.90. The van der Waals surface area contributed by atoms with Gasteiger partial charge >= 0.3 is 0 Å². The third-order valence-electron chi connectivity index (χ3n) is 0.614. The molecule has 0 bridgehead atoms. The Morgan fingerprint density at radius 3 is 2.29 bits per heavy atom. The Morgan fingerprint density at radius 1 is 1.29 bits per heavy atom. The highest BCUT2D eigenvalue weighted by molar-refractivity contribution is 8.02. The van der Waals surface area contributed by atoms with E-state index in [1.165, 1.54) is 0 Å². The quantitative estimate of drug-likeness (QED) is 0.453. The van der Waals surface area contributed by atoms with E-state index >= 15 is 0 Å². The highest BCUT2D eigenvalue weighted by Crippen LogP contribution is 2.05. The van der Waals surface area contributed by atoms with Gasteiger partial charge in [-0.05, 0) is 5.41 Å². The predicted molar refractivity (Wildman–Crippen MR) is 37.7 cm³/mol. The van der Waals surface area contributed by atoms with Crippen LogP contribution in [0, 0.1) is 0 Å². The zero-order valence-corrected chi connectivity index (χ0v) is 5.58. The van der Waals surface area contributed by atoms with Crippen LogP contribution in [0.3, 0.4) is 0 Å². The maximum Gasteiger partial charge on any atom is 0.0157 e. The minimum Gasteiger partial charge on any atom is -0.130 e. The van der Waals surface area contributed by atoms with Gasteiger partial charge in [-0.25, -0.2) is 0 Å². The van der Waals surface area contributed by atoms with Crippen molar-refractivity contribution in [3.05, 3.63) is 23.6 Å². The summed E-state index contributed by atoms with van der Waals surface area (Å²) in [6, 6.07) is 0. The van der Waals surface area contributed by atoms with E-state index < -0.39 is 0 Å². The van der Waals surface area contributed by atoms with E-state index in [4.69, 9.17) is 0 Å². The fourth-order valence-corrected chi connectivity index (χ4v) is 0.881. The number of thioether (sulfide) groups is 1. The Kier molecular flexibility index (Phi) is 4.58. The van der Waals surface area contributed by atoms with E-state index in [-0.39, 0.29) is 9.90 Å². The van der Waals surface area contributed by atoms with Gasteiger partial charge in [-0.1, -0.05) is 18.2 Å². The van der Waals surface area contributed by atoms with Gasteiger partial charge in [-0.3, -0.25) is 0 Å². The molecular formula is C5H6PS. The molecule has 37 valence electrons. The van der Waals surface area contributed by atoms with Crippen molar-refractivity contribution in [2.24, 2.45) is 0 Å². The first-order chi connectivity index (χ1) is 3.00. The van der Waals surface area contributed by atoms with E-state index in [1.54, 1.807) is 0 Å². The van der Waals surface area contributed by atoms with Crippen LogP contribution in [-0.2, 0) is 0 Å². The average Bonchev–Trinajstić information content (AvgIpc) is 1.72. The van der Waals surface area contributed by atoms with Crippen LogP contribution in [0.1, 0.15) is 0 Å². The molecule has 0 aromatic heterocycles. The summed E-state index contributed by atoms with van der Waals surface area (Å²) in [5.74, 6) is 1.15. The van der Waals surface area contributed by atoms with Gasteiger partial charge in [-0.15, -0.1) is 11.8 Å². The van der Waals surface area contributed by atoms with Crippen molar-refractivity contribution in [2.75, 3.05) is 5.75 Å². The molecule has 0 saturated heterocycles. The molecular weight excluding hydrogens is 123 g/mol. The molecule has 7 heavy (non-hydrogen) atoms. The summed E-state index contributed by atoms with van der Waals surface area (Å²) in [6.45, 7) is 0.